The van der Waals surface area contributed by atoms with E-state index < -0.39 is 0 Å². The second-order valence-corrected chi connectivity index (χ2v) is 6.43. The Hall–Kier alpha value is -3.51. The summed E-state index contributed by atoms with van der Waals surface area (Å²) < 4.78 is 0. The average molecular weight is 378 g/mol. The van der Waals surface area contributed by atoms with Gasteiger partial charge >= 0.3 is 0 Å². The van der Waals surface area contributed by atoms with Gasteiger partial charge in [-0.15, -0.1) is 0 Å². The van der Waals surface area contributed by atoms with Gasteiger partial charge in [-0.25, -0.2) is 15.0 Å². The largest absolute Gasteiger partial charge is 0.506 e. The van der Waals surface area contributed by atoms with Crippen molar-refractivity contribution in [2.75, 3.05) is 12.4 Å². The average Bonchev–Trinajstić information content (AvgIpc) is 3.12. The minimum absolute atomic E-state index is 0.0685. The van der Waals surface area contributed by atoms with Crippen LogP contribution in [0.15, 0.2) is 30.6 Å². The molecule has 3 heterocycles. The van der Waals surface area contributed by atoms with Gasteiger partial charge in [-0.05, 0) is 38.9 Å². The summed E-state index contributed by atoms with van der Waals surface area (Å²) in [5.74, 6) is 1.02. The predicted octanol–water partition coefficient (Wildman–Crippen LogP) is 2.65. The lowest BCUT2D eigenvalue weighted by Crippen LogP contribution is -2.31. The summed E-state index contributed by atoms with van der Waals surface area (Å²) in [5, 5.41) is 31.6. The van der Waals surface area contributed by atoms with Gasteiger partial charge in [-0.3, -0.25) is 5.10 Å². The van der Waals surface area contributed by atoms with Crippen LogP contribution in [0.5, 0.6) is 5.75 Å². The number of rotatable bonds is 4. The molecule has 0 bridgehead atoms. The molecular weight excluding hydrogens is 356 g/mol. The molecule has 0 amide bonds. The Morgan fingerprint density at radius 1 is 1.21 bits per heavy atom. The maximum atomic E-state index is 9.86. The van der Waals surface area contributed by atoms with Crippen LogP contribution in [0.25, 0.3) is 11.4 Å². The number of hydrogen-bond donors (Lipinski definition) is 4. The number of pyridine rings is 1. The summed E-state index contributed by atoms with van der Waals surface area (Å²) in [6.07, 6.45) is 7.04. The molecule has 0 spiro atoms. The number of anilines is 2. The van der Waals surface area contributed by atoms with Gasteiger partial charge in [0, 0.05) is 17.8 Å². The molecule has 1 saturated carbocycles. The van der Waals surface area contributed by atoms with E-state index in [1.54, 1.807) is 18.2 Å². The first kappa shape index (κ1) is 19.3. The first-order chi connectivity index (χ1) is 13.6. The third kappa shape index (κ3) is 4.81. The third-order valence-electron chi connectivity index (χ3n) is 4.38. The number of aromatic hydroxyl groups is 1. The number of hydrogen-bond acceptors (Lipinski definition) is 8. The number of aromatic amines is 1. The zero-order valence-corrected chi connectivity index (χ0v) is 15.8. The minimum Gasteiger partial charge on any atom is -0.506 e. The Bertz CT molecular complexity index is 954. The molecule has 3 aromatic rings. The molecule has 0 saturated heterocycles. The Kier molecular flexibility index (Phi) is 6.14. The predicted molar refractivity (Wildman–Crippen MR) is 105 cm³/mol. The van der Waals surface area contributed by atoms with Gasteiger partial charge in [0.2, 0.25) is 0 Å². The molecular formula is C19H22N8O. The Morgan fingerprint density at radius 3 is 2.61 bits per heavy atom. The van der Waals surface area contributed by atoms with Gasteiger partial charge in [0.25, 0.3) is 0 Å². The highest BCUT2D eigenvalue weighted by Gasteiger charge is 2.13. The molecule has 0 radical (unpaired) electrons. The quantitative estimate of drug-likeness (QED) is 0.544. The molecule has 9 heteroatoms. The third-order valence-corrected chi connectivity index (χ3v) is 4.38. The lowest BCUT2D eigenvalue weighted by Gasteiger charge is -2.23. The molecule has 1 aliphatic carbocycles. The molecule has 1 fully saturated rings. The topological polar surface area (TPSA) is 135 Å². The summed E-state index contributed by atoms with van der Waals surface area (Å²) in [4.78, 5) is 12.2. The number of aromatic nitrogens is 5. The van der Waals surface area contributed by atoms with Crippen molar-refractivity contribution in [1.29, 1.82) is 5.26 Å². The van der Waals surface area contributed by atoms with E-state index in [1.807, 2.05) is 20.0 Å². The van der Waals surface area contributed by atoms with Crippen molar-refractivity contribution >= 4 is 11.6 Å². The van der Waals surface area contributed by atoms with E-state index in [1.165, 1.54) is 31.7 Å². The summed E-state index contributed by atoms with van der Waals surface area (Å²) in [6, 6.07) is 7.76. The summed E-state index contributed by atoms with van der Waals surface area (Å²) in [5.41, 5.74) is 2.02. The molecule has 0 unspecified atom stereocenters. The van der Waals surface area contributed by atoms with Gasteiger partial charge < -0.3 is 15.7 Å². The van der Waals surface area contributed by atoms with Crippen molar-refractivity contribution in [2.24, 2.45) is 0 Å². The summed E-state index contributed by atoms with van der Waals surface area (Å²) in [6.45, 7) is 1.84. The number of nitriles is 1. The van der Waals surface area contributed by atoms with Crippen LogP contribution in [-0.4, -0.2) is 43.3 Å². The van der Waals surface area contributed by atoms with Crippen molar-refractivity contribution in [3.05, 3.63) is 42.0 Å². The van der Waals surface area contributed by atoms with E-state index in [9.17, 15) is 5.11 Å². The van der Waals surface area contributed by atoms with Crippen LogP contribution in [0, 0.1) is 18.3 Å². The molecule has 1 aliphatic rings. The van der Waals surface area contributed by atoms with Gasteiger partial charge in [0.15, 0.2) is 11.5 Å². The maximum absolute atomic E-state index is 9.86. The van der Waals surface area contributed by atoms with Gasteiger partial charge in [0.1, 0.15) is 23.3 Å². The molecule has 4 N–H and O–H groups in total. The number of H-pyrrole nitrogens is 1. The van der Waals surface area contributed by atoms with E-state index in [4.69, 9.17) is 5.26 Å². The van der Waals surface area contributed by atoms with Gasteiger partial charge in [0.05, 0.1) is 18.1 Å². The lowest BCUT2D eigenvalue weighted by atomic mass is 9.94. The van der Waals surface area contributed by atoms with E-state index in [0.29, 0.717) is 23.0 Å². The highest BCUT2D eigenvalue weighted by molar-refractivity contribution is 5.66. The highest BCUT2D eigenvalue weighted by atomic mass is 16.3. The smallest absolute Gasteiger partial charge is 0.158 e. The molecule has 9 nitrogen and oxygen atoms in total. The SMILES string of the molecule is CNC1CCC1.Cc1ccc(O)c(-c2cc(Nc3cnc(C#N)cn3)n[nH]2)n1. The van der Waals surface area contributed by atoms with E-state index >= 15 is 0 Å². The summed E-state index contributed by atoms with van der Waals surface area (Å²) >= 11 is 0. The maximum Gasteiger partial charge on any atom is 0.158 e. The van der Waals surface area contributed by atoms with Crippen molar-refractivity contribution < 1.29 is 5.11 Å². The molecule has 4 rings (SSSR count). The lowest BCUT2D eigenvalue weighted by molar-refractivity contribution is 0.361. The Labute approximate surface area is 162 Å². The second kappa shape index (κ2) is 8.92. The Balaban J connectivity index is 0.000000320. The van der Waals surface area contributed by atoms with Crippen molar-refractivity contribution in [3.63, 3.8) is 0 Å². The van der Waals surface area contributed by atoms with Crippen molar-refractivity contribution in [3.8, 4) is 23.2 Å². The van der Waals surface area contributed by atoms with Crippen LogP contribution < -0.4 is 10.6 Å². The zero-order chi connectivity index (χ0) is 19.9. The minimum atomic E-state index is 0.0685. The zero-order valence-electron chi connectivity index (χ0n) is 15.8. The fraction of sp³-hybridized carbons (Fsp3) is 0.316. The fourth-order valence-electron chi connectivity index (χ4n) is 2.53. The van der Waals surface area contributed by atoms with E-state index in [2.05, 4.69) is 35.8 Å². The van der Waals surface area contributed by atoms with E-state index in [-0.39, 0.29) is 11.4 Å². The van der Waals surface area contributed by atoms with Crippen LogP contribution in [0.3, 0.4) is 0 Å². The van der Waals surface area contributed by atoms with Crippen LogP contribution in [0.2, 0.25) is 0 Å². The molecule has 0 atom stereocenters. The van der Waals surface area contributed by atoms with Crippen LogP contribution in [0.4, 0.5) is 11.6 Å². The van der Waals surface area contributed by atoms with Crippen LogP contribution in [-0.2, 0) is 0 Å². The van der Waals surface area contributed by atoms with Gasteiger partial charge in [-0.1, -0.05) is 6.42 Å². The normalized spacial score (nSPS) is 13.0. The monoisotopic (exact) mass is 378 g/mol. The first-order valence-electron chi connectivity index (χ1n) is 8.98. The number of nitrogens with one attached hydrogen (secondary N) is 3. The Morgan fingerprint density at radius 2 is 2.04 bits per heavy atom. The molecule has 0 aliphatic heterocycles. The number of nitrogens with zero attached hydrogens (tertiary/aromatic N) is 5. The molecule has 0 aromatic carbocycles. The summed E-state index contributed by atoms with van der Waals surface area (Å²) in [7, 11) is 2.03. The molecule has 144 valence electrons. The second-order valence-electron chi connectivity index (χ2n) is 6.43. The standard InChI is InChI=1S/C14H11N7O.C5H11N/c1-8-2-3-11(22)14(18-8)10-4-12(21-20-10)19-13-7-16-9(5-15)6-17-13;1-6-5-3-2-4-5/h2-4,6-7,22H,1H3,(H2,17,19,20,21);5-6H,2-4H2,1H3. The fourth-order valence-corrected chi connectivity index (χ4v) is 2.53. The molecule has 3 aromatic heterocycles. The first-order valence-corrected chi connectivity index (χ1v) is 8.98. The highest BCUT2D eigenvalue weighted by Crippen LogP contribution is 2.27. The van der Waals surface area contributed by atoms with E-state index in [0.717, 1.165) is 11.7 Å². The van der Waals surface area contributed by atoms with Crippen molar-refractivity contribution in [2.45, 2.75) is 32.2 Å². The van der Waals surface area contributed by atoms with Crippen LogP contribution in [0.1, 0.15) is 30.7 Å². The van der Waals surface area contributed by atoms with Crippen LogP contribution >= 0.6 is 0 Å². The van der Waals surface area contributed by atoms with Gasteiger partial charge in [-0.2, -0.15) is 10.4 Å². The number of aryl methyl sites for hydroxylation is 1. The van der Waals surface area contributed by atoms with Crippen molar-refractivity contribution in [1.82, 2.24) is 30.5 Å². The molecule has 28 heavy (non-hydrogen) atoms.